The maximum absolute atomic E-state index is 2.74. The van der Waals surface area contributed by atoms with Crippen molar-refractivity contribution in [2.24, 2.45) is 17.8 Å². The summed E-state index contributed by atoms with van der Waals surface area (Å²) in [6.07, 6.45) is 4.50. The van der Waals surface area contributed by atoms with Gasteiger partial charge in [-0.15, -0.1) is 0 Å². The number of nitrogens with zero attached hydrogens (tertiary/aromatic N) is 1. The second-order valence-electron chi connectivity index (χ2n) is 5.94. The minimum Gasteiger partial charge on any atom is -0.297 e. The van der Waals surface area contributed by atoms with Crippen LogP contribution in [0, 0.1) is 17.8 Å². The molecule has 0 aromatic heterocycles. The van der Waals surface area contributed by atoms with Crippen LogP contribution in [0.1, 0.15) is 47.0 Å². The van der Waals surface area contributed by atoms with E-state index in [9.17, 15) is 0 Å². The monoisotopic (exact) mass is 195 g/mol. The molecule has 0 aromatic carbocycles. The van der Waals surface area contributed by atoms with E-state index in [2.05, 4.69) is 32.6 Å². The highest BCUT2D eigenvalue weighted by Gasteiger charge is 2.42. The Morgan fingerprint density at radius 1 is 1.00 bits per heavy atom. The van der Waals surface area contributed by atoms with Crippen LogP contribution in [0.15, 0.2) is 0 Å². The van der Waals surface area contributed by atoms with Crippen LogP contribution in [0.5, 0.6) is 0 Å². The molecule has 1 saturated carbocycles. The summed E-state index contributed by atoms with van der Waals surface area (Å²) in [4.78, 5) is 2.74. The van der Waals surface area contributed by atoms with Gasteiger partial charge in [-0.05, 0) is 50.9 Å². The average molecular weight is 195 g/mol. The zero-order chi connectivity index (χ0) is 10.3. The van der Waals surface area contributed by atoms with Gasteiger partial charge < -0.3 is 0 Å². The lowest BCUT2D eigenvalue weighted by Crippen LogP contribution is -2.38. The molecule has 0 spiro atoms. The topological polar surface area (TPSA) is 3.24 Å². The molecule has 2 aliphatic rings. The number of rotatable bonds is 3. The van der Waals surface area contributed by atoms with Crippen molar-refractivity contribution in [1.82, 2.24) is 4.90 Å². The molecule has 1 nitrogen and oxygen atoms in total. The van der Waals surface area contributed by atoms with Gasteiger partial charge in [0, 0.05) is 18.6 Å². The fraction of sp³-hybridized carbons (Fsp3) is 1.00. The lowest BCUT2D eigenvalue weighted by molar-refractivity contribution is 0.163. The SMILES string of the molecule is CC(C)C1CC(C2CC2)CN1C(C)C. The minimum absolute atomic E-state index is 0.742. The molecule has 0 N–H and O–H groups in total. The Kier molecular flexibility index (Phi) is 2.88. The molecule has 82 valence electrons. The maximum Gasteiger partial charge on any atom is 0.0124 e. The molecular weight excluding hydrogens is 170 g/mol. The molecule has 0 amide bonds. The van der Waals surface area contributed by atoms with Gasteiger partial charge in [0.15, 0.2) is 0 Å². The highest BCUT2D eigenvalue weighted by molar-refractivity contribution is 4.94. The summed E-state index contributed by atoms with van der Waals surface area (Å²) in [5, 5.41) is 0. The van der Waals surface area contributed by atoms with Crippen molar-refractivity contribution < 1.29 is 0 Å². The lowest BCUT2D eigenvalue weighted by atomic mass is 9.94. The van der Waals surface area contributed by atoms with Crippen LogP contribution in [0.2, 0.25) is 0 Å². The normalized spacial score (nSPS) is 34.7. The third kappa shape index (κ3) is 1.98. The summed E-state index contributed by atoms with van der Waals surface area (Å²) < 4.78 is 0. The van der Waals surface area contributed by atoms with Crippen molar-refractivity contribution in [3.05, 3.63) is 0 Å². The first-order valence-electron chi connectivity index (χ1n) is 6.35. The molecule has 2 atom stereocenters. The summed E-state index contributed by atoms with van der Waals surface area (Å²) in [5.41, 5.74) is 0. The van der Waals surface area contributed by atoms with Gasteiger partial charge in [0.2, 0.25) is 0 Å². The van der Waals surface area contributed by atoms with Crippen molar-refractivity contribution in [2.75, 3.05) is 6.54 Å². The first kappa shape index (κ1) is 10.5. The van der Waals surface area contributed by atoms with Crippen molar-refractivity contribution in [3.63, 3.8) is 0 Å². The Balaban J connectivity index is 1.99. The van der Waals surface area contributed by atoms with Crippen molar-refractivity contribution in [3.8, 4) is 0 Å². The molecule has 2 unspecified atom stereocenters. The molecule has 14 heavy (non-hydrogen) atoms. The summed E-state index contributed by atoms with van der Waals surface area (Å²) in [6.45, 7) is 10.9. The van der Waals surface area contributed by atoms with E-state index in [1.807, 2.05) is 0 Å². The molecule has 1 saturated heterocycles. The highest BCUT2D eigenvalue weighted by Crippen LogP contribution is 2.44. The van der Waals surface area contributed by atoms with Gasteiger partial charge in [-0.1, -0.05) is 13.8 Å². The van der Waals surface area contributed by atoms with Crippen LogP contribution in [0.25, 0.3) is 0 Å². The third-order valence-electron chi connectivity index (χ3n) is 4.14. The Morgan fingerprint density at radius 3 is 2.00 bits per heavy atom. The molecule has 1 aliphatic heterocycles. The number of hydrogen-bond acceptors (Lipinski definition) is 1. The fourth-order valence-electron chi connectivity index (χ4n) is 3.08. The molecule has 2 rings (SSSR count). The predicted molar refractivity (Wildman–Crippen MR) is 61.3 cm³/mol. The molecule has 1 heteroatoms. The van der Waals surface area contributed by atoms with Crippen LogP contribution in [0.4, 0.5) is 0 Å². The Labute approximate surface area is 88.9 Å². The van der Waals surface area contributed by atoms with Gasteiger partial charge in [0.25, 0.3) is 0 Å². The van der Waals surface area contributed by atoms with E-state index in [0.717, 1.165) is 29.8 Å². The number of hydrogen-bond donors (Lipinski definition) is 0. The molecule has 1 heterocycles. The van der Waals surface area contributed by atoms with E-state index in [0.29, 0.717) is 0 Å². The Morgan fingerprint density at radius 2 is 1.64 bits per heavy atom. The third-order valence-corrected chi connectivity index (χ3v) is 4.14. The summed E-state index contributed by atoms with van der Waals surface area (Å²) in [6, 6.07) is 1.60. The highest BCUT2D eigenvalue weighted by atomic mass is 15.2. The van der Waals surface area contributed by atoms with Gasteiger partial charge in [0.05, 0.1) is 0 Å². The van der Waals surface area contributed by atoms with Crippen molar-refractivity contribution in [2.45, 2.75) is 59.0 Å². The van der Waals surface area contributed by atoms with E-state index in [1.165, 1.54) is 25.8 Å². The molecule has 0 aromatic rings. The molecule has 0 bridgehead atoms. The van der Waals surface area contributed by atoms with Crippen LogP contribution < -0.4 is 0 Å². The van der Waals surface area contributed by atoms with E-state index >= 15 is 0 Å². The molecule has 1 aliphatic carbocycles. The summed E-state index contributed by atoms with van der Waals surface area (Å²) >= 11 is 0. The predicted octanol–water partition coefficient (Wildman–Crippen LogP) is 3.15. The molecular formula is C13H25N. The zero-order valence-corrected chi connectivity index (χ0v) is 10.2. The van der Waals surface area contributed by atoms with E-state index in [4.69, 9.17) is 0 Å². The van der Waals surface area contributed by atoms with Crippen molar-refractivity contribution >= 4 is 0 Å². The first-order valence-corrected chi connectivity index (χ1v) is 6.35. The van der Waals surface area contributed by atoms with Gasteiger partial charge >= 0.3 is 0 Å². The maximum atomic E-state index is 2.74. The van der Waals surface area contributed by atoms with E-state index < -0.39 is 0 Å². The van der Waals surface area contributed by atoms with E-state index in [-0.39, 0.29) is 0 Å². The first-order chi connectivity index (χ1) is 6.59. The van der Waals surface area contributed by atoms with Gasteiger partial charge in [-0.3, -0.25) is 4.90 Å². The zero-order valence-electron chi connectivity index (χ0n) is 10.2. The fourth-order valence-corrected chi connectivity index (χ4v) is 3.08. The molecule has 2 fully saturated rings. The van der Waals surface area contributed by atoms with Gasteiger partial charge in [-0.2, -0.15) is 0 Å². The van der Waals surface area contributed by atoms with Gasteiger partial charge in [0.1, 0.15) is 0 Å². The second-order valence-corrected chi connectivity index (χ2v) is 5.94. The summed E-state index contributed by atoms with van der Waals surface area (Å²) in [5.74, 6) is 2.96. The van der Waals surface area contributed by atoms with Gasteiger partial charge in [-0.25, -0.2) is 0 Å². The van der Waals surface area contributed by atoms with Crippen LogP contribution in [-0.2, 0) is 0 Å². The van der Waals surface area contributed by atoms with E-state index in [1.54, 1.807) is 0 Å². The Hall–Kier alpha value is -0.0400. The summed E-state index contributed by atoms with van der Waals surface area (Å²) in [7, 11) is 0. The quantitative estimate of drug-likeness (QED) is 0.668. The number of likely N-dealkylation sites (tertiary alicyclic amines) is 1. The van der Waals surface area contributed by atoms with Crippen LogP contribution >= 0.6 is 0 Å². The minimum atomic E-state index is 0.742. The van der Waals surface area contributed by atoms with Crippen LogP contribution in [0.3, 0.4) is 0 Å². The second kappa shape index (κ2) is 3.84. The van der Waals surface area contributed by atoms with Crippen LogP contribution in [-0.4, -0.2) is 23.5 Å². The smallest absolute Gasteiger partial charge is 0.0124 e. The standard InChI is InChI=1S/C13H25N/c1-9(2)13-7-12(11-5-6-11)8-14(13)10(3)4/h9-13H,5-8H2,1-4H3. The Bertz CT molecular complexity index is 177. The van der Waals surface area contributed by atoms with Crippen molar-refractivity contribution in [1.29, 1.82) is 0 Å². The average Bonchev–Trinajstić information content (AvgIpc) is 2.83. The largest absolute Gasteiger partial charge is 0.297 e. The molecule has 0 radical (unpaired) electrons. The lowest BCUT2D eigenvalue weighted by Gasteiger charge is -2.30.